The minimum atomic E-state index is -0.120. The van der Waals surface area contributed by atoms with Gasteiger partial charge in [0.25, 0.3) is 0 Å². The van der Waals surface area contributed by atoms with Gasteiger partial charge in [0.15, 0.2) is 11.5 Å². The van der Waals surface area contributed by atoms with E-state index in [1.807, 2.05) is 51.9 Å². The quantitative estimate of drug-likeness (QED) is 0.591. The number of morpholine rings is 1. The summed E-state index contributed by atoms with van der Waals surface area (Å²) in [4.78, 5) is 34.6. The molecule has 2 aromatic carbocycles. The van der Waals surface area contributed by atoms with E-state index >= 15 is 0 Å². The molecule has 2 amide bonds. The molecule has 1 aromatic heterocycles. The van der Waals surface area contributed by atoms with Gasteiger partial charge in [-0.05, 0) is 24.3 Å². The number of aromatic nitrogens is 2. The summed E-state index contributed by atoms with van der Waals surface area (Å²) in [6.45, 7) is 4.03. The third kappa shape index (κ3) is 3.75. The fourth-order valence-corrected chi connectivity index (χ4v) is 4.95. The third-order valence-corrected chi connectivity index (χ3v) is 6.67. The number of amides is 2. The van der Waals surface area contributed by atoms with Crippen LogP contribution in [-0.4, -0.2) is 72.3 Å². The van der Waals surface area contributed by atoms with Crippen LogP contribution in [0.5, 0.6) is 11.5 Å². The Morgan fingerprint density at radius 3 is 2.65 bits per heavy atom. The molecule has 6 rings (SSSR count). The lowest BCUT2D eigenvalue weighted by molar-refractivity contribution is -0.135. The van der Waals surface area contributed by atoms with Gasteiger partial charge in [0.1, 0.15) is 25.6 Å². The lowest BCUT2D eigenvalue weighted by atomic mass is 10.1. The highest BCUT2D eigenvalue weighted by molar-refractivity contribution is 5.97. The molecule has 3 aromatic rings. The number of ether oxygens (including phenoxy) is 3. The Morgan fingerprint density at radius 2 is 1.79 bits per heavy atom. The van der Waals surface area contributed by atoms with E-state index in [-0.39, 0.29) is 24.3 Å². The summed E-state index contributed by atoms with van der Waals surface area (Å²) in [6.07, 6.45) is 0.337. The molecule has 2 fully saturated rings. The summed E-state index contributed by atoms with van der Waals surface area (Å²) >= 11 is 0. The Balaban J connectivity index is 1.29. The van der Waals surface area contributed by atoms with Crippen molar-refractivity contribution in [1.29, 1.82) is 0 Å². The maximum absolute atomic E-state index is 13.1. The van der Waals surface area contributed by atoms with Gasteiger partial charge >= 0.3 is 0 Å². The van der Waals surface area contributed by atoms with Crippen LogP contribution in [0.3, 0.4) is 0 Å². The number of nitrogens with zero attached hydrogens (tertiary/aromatic N) is 4. The van der Waals surface area contributed by atoms with Crippen molar-refractivity contribution in [2.24, 2.45) is 0 Å². The highest BCUT2D eigenvalue weighted by Crippen LogP contribution is 2.38. The molecule has 0 spiro atoms. The van der Waals surface area contributed by atoms with Gasteiger partial charge in [-0.3, -0.25) is 9.59 Å². The van der Waals surface area contributed by atoms with Crippen molar-refractivity contribution >= 4 is 28.5 Å². The topological polar surface area (TPSA) is 86.1 Å². The first-order chi connectivity index (χ1) is 16.7. The lowest BCUT2D eigenvalue weighted by Crippen LogP contribution is -2.42. The Kier molecular flexibility index (Phi) is 5.33. The van der Waals surface area contributed by atoms with Crippen LogP contribution >= 0.6 is 0 Å². The summed E-state index contributed by atoms with van der Waals surface area (Å²) in [5.41, 5.74) is 2.52. The first-order valence-corrected chi connectivity index (χ1v) is 11.7. The number of anilines is 1. The fourth-order valence-electron chi connectivity index (χ4n) is 4.95. The third-order valence-electron chi connectivity index (χ3n) is 6.67. The minimum absolute atomic E-state index is 0.0276. The fraction of sp³-hybridized carbons (Fsp3) is 0.400. The second-order valence-corrected chi connectivity index (χ2v) is 8.77. The summed E-state index contributed by atoms with van der Waals surface area (Å²) in [5.74, 6) is 2.08. The molecule has 9 nitrogen and oxygen atoms in total. The summed E-state index contributed by atoms with van der Waals surface area (Å²) in [7, 11) is 0. The number of benzene rings is 2. The van der Waals surface area contributed by atoms with Crippen molar-refractivity contribution in [2.45, 2.75) is 18.9 Å². The second-order valence-electron chi connectivity index (χ2n) is 8.77. The van der Waals surface area contributed by atoms with Gasteiger partial charge in [0, 0.05) is 43.7 Å². The maximum atomic E-state index is 13.1. The summed E-state index contributed by atoms with van der Waals surface area (Å²) < 4.78 is 18.7. The Hall–Kier alpha value is -3.59. The largest absolute Gasteiger partial charge is 0.486 e. The average molecular weight is 463 g/mol. The molecular formula is C25H26N4O5. The molecule has 34 heavy (non-hydrogen) atoms. The molecule has 3 aliphatic heterocycles. The lowest BCUT2D eigenvalue weighted by Gasteiger charge is -2.27. The van der Waals surface area contributed by atoms with Crippen LogP contribution in [0, 0.1) is 0 Å². The van der Waals surface area contributed by atoms with E-state index in [9.17, 15) is 9.59 Å². The van der Waals surface area contributed by atoms with Gasteiger partial charge in [-0.25, -0.2) is 4.98 Å². The number of rotatable bonds is 4. The van der Waals surface area contributed by atoms with E-state index in [0.29, 0.717) is 64.0 Å². The van der Waals surface area contributed by atoms with Crippen LogP contribution in [0.2, 0.25) is 0 Å². The van der Waals surface area contributed by atoms with Crippen LogP contribution in [0.15, 0.2) is 42.5 Å². The first-order valence-electron chi connectivity index (χ1n) is 11.7. The molecule has 3 aliphatic rings. The van der Waals surface area contributed by atoms with Crippen molar-refractivity contribution in [3.05, 3.63) is 48.3 Å². The van der Waals surface area contributed by atoms with Crippen LogP contribution in [0.25, 0.3) is 11.0 Å². The molecule has 0 saturated carbocycles. The summed E-state index contributed by atoms with van der Waals surface area (Å²) in [6, 6.07) is 13.4. The number of fused-ring (bicyclic) bond motifs is 2. The molecule has 1 atom stereocenters. The molecule has 9 heteroatoms. The monoisotopic (exact) mass is 462 g/mol. The predicted octanol–water partition coefficient (Wildman–Crippen LogP) is 2.19. The number of hydrogen-bond acceptors (Lipinski definition) is 6. The Labute approximate surface area is 196 Å². The standard InChI is InChI=1S/C25H26N4O5/c30-23-13-17(15-28(23)18-5-6-21-22(14-18)34-12-11-33-21)25-26-19-3-1-2-4-20(19)29(25)16-24(31)27-7-9-32-10-8-27/h1-6,14,17H,7-13,15-16H2. The molecule has 0 radical (unpaired) electrons. The SMILES string of the molecule is O=C(Cn1c(C2CC(=O)N(c3ccc4c(c3)OCCO4)C2)nc2ccccc21)N1CCOCC1. The zero-order valence-corrected chi connectivity index (χ0v) is 18.8. The minimum Gasteiger partial charge on any atom is -0.486 e. The summed E-state index contributed by atoms with van der Waals surface area (Å²) in [5, 5.41) is 0. The number of carbonyl (C=O) groups excluding carboxylic acids is 2. The molecule has 0 N–H and O–H groups in total. The molecule has 1 unspecified atom stereocenters. The van der Waals surface area contributed by atoms with E-state index in [0.717, 1.165) is 22.5 Å². The molecule has 2 saturated heterocycles. The molecule has 4 heterocycles. The van der Waals surface area contributed by atoms with Gasteiger partial charge in [-0.2, -0.15) is 0 Å². The highest BCUT2D eigenvalue weighted by Gasteiger charge is 2.36. The van der Waals surface area contributed by atoms with E-state index in [1.54, 1.807) is 4.90 Å². The molecule has 176 valence electrons. The van der Waals surface area contributed by atoms with Gasteiger partial charge in [-0.1, -0.05) is 12.1 Å². The second kappa shape index (κ2) is 8.64. The van der Waals surface area contributed by atoms with Crippen LogP contribution in [0.1, 0.15) is 18.2 Å². The number of imidazole rings is 1. The van der Waals surface area contributed by atoms with E-state index in [2.05, 4.69) is 0 Å². The molecule has 0 aliphatic carbocycles. The van der Waals surface area contributed by atoms with Gasteiger partial charge in [-0.15, -0.1) is 0 Å². The molecular weight excluding hydrogens is 436 g/mol. The van der Waals surface area contributed by atoms with Crippen LogP contribution < -0.4 is 14.4 Å². The zero-order valence-electron chi connectivity index (χ0n) is 18.8. The molecule has 0 bridgehead atoms. The normalized spacial score (nSPS) is 20.2. The Morgan fingerprint density at radius 1 is 1.00 bits per heavy atom. The number of carbonyl (C=O) groups is 2. The zero-order chi connectivity index (χ0) is 23.1. The van der Waals surface area contributed by atoms with Crippen molar-refractivity contribution in [3.8, 4) is 11.5 Å². The van der Waals surface area contributed by atoms with Crippen LogP contribution in [0.4, 0.5) is 5.69 Å². The van der Waals surface area contributed by atoms with Gasteiger partial charge in [0.05, 0.1) is 24.2 Å². The highest BCUT2D eigenvalue weighted by atomic mass is 16.6. The van der Waals surface area contributed by atoms with Crippen LogP contribution in [-0.2, 0) is 20.9 Å². The number of hydrogen-bond donors (Lipinski definition) is 0. The first kappa shape index (κ1) is 21.0. The van der Waals surface area contributed by atoms with Gasteiger partial charge < -0.3 is 28.6 Å². The van der Waals surface area contributed by atoms with Crippen molar-refractivity contribution in [1.82, 2.24) is 14.5 Å². The van der Waals surface area contributed by atoms with Gasteiger partial charge in [0.2, 0.25) is 11.8 Å². The van der Waals surface area contributed by atoms with E-state index in [1.165, 1.54) is 0 Å². The van der Waals surface area contributed by atoms with E-state index in [4.69, 9.17) is 19.2 Å². The maximum Gasteiger partial charge on any atom is 0.242 e. The van der Waals surface area contributed by atoms with E-state index < -0.39 is 0 Å². The van der Waals surface area contributed by atoms with Crippen molar-refractivity contribution in [2.75, 3.05) is 51.0 Å². The van der Waals surface area contributed by atoms with Crippen molar-refractivity contribution in [3.63, 3.8) is 0 Å². The number of para-hydroxylation sites is 2. The average Bonchev–Trinajstić information content (AvgIpc) is 3.44. The smallest absolute Gasteiger partial charge is 0.242 e. The predicted molar refractivity (Wildman–Crippen MR) is 124 cm³/mol. The Bertz CT molecular complexity index is 1250. The van der Waals surface area contributed by atoms with Crippen molar-refractivity contribution < 1.29 is 23.8 Å².